The zero-order valence-corrected chi connectivity index (χ0v) is 12.0. The van der Waals surface area contributed by atoms with Gasteiger partial charge in [-0.1, -0.05) is 46.0 Å². The van der Waals surface area contributed by atoms with E-state index in [1.54, 1.807) is 0 Å². The van der Waals surface area contributed by atoms with Crippen molar-refractivity contribution >= 4 is 0 Å². The zero-order chi connectivity index (χ0) is 12.3. The highest BCUT2D eigenvalue weighted by Crippen LogP contribution is 2.32. The highest BCUT2D eigenvalue weighted by molar-refractivity contribution is 4.86. The number of rotatable bonds is 3. The van der Waals surface area contributed by atoms with Crippen molar-refractivity contribution in [2.24, 2.45) is 17.8 Å². The smallest absolute Gasteiger partial charge is 0.00978 e. The maximum Gasteiger partial charge on any atom is 0.00978 e. The van der Waals surface area contributed by atoms with E-state index in [1.165, 1.54) is 51.4 Å². The summed E-state index contributed by atoms with van der Waals surface area (Å²) in [5, 5.41) is 3.97. The quantitative estimate of drug-likeness (QED) is 0.768. The maximum atomic E-state index is 3.97. The summed E-state index contributed by atoms with van der Waals surface area (Å²) in [4.78, 5) is 0. The predicted molar refractivity (Wildman–Crippen MR) is 75.1 cm³/mol. The summed E-state index contributed by atoms with van der Waals surface area (Å²) in [6.45, 7) is 7.32. The minimum absolute atomic E-state index is 0.744. The van der Waals surface area contributed by atoms with Gasteiger partial charge in [0.25, 0.3) is 0 Å². The topological polar surface area (TPSA) is 12.0 Å². The third-order valence-corrected chi connectivity index (χ3v) is 5.54. The van der Waals surface area contributed by atoms with Gasteiger partial charge >= 0.3 is 0 Å². The molecule has 0 aliphatic heterocycles. The Labute approximate surface area is 108 Å². The number of hydrogen-bond acceptors (Lipinski definition) is 1. The second-order valence-corrected chi connectivity index (χ2v) is 6.73. The number of nitrogens with one attached hydrogen (secondary N) is 1. The summed E-state index contributed by atoms with van der Waals surface area (Å²) in [7, 11) is 0. The Morgan fingerprint density at radius 1 is 0.882 bits per heavy atom. The van der Waals surface area contributed by atoms with Crippen LogP contribution in [0.5, 0.6) is 0 Å². The summed E-state index contributed by atoms with van der Waals surface area (Å²) in [6.07, 6.45) is 11.6. The van der Waals surface area contributed by atoms with Crippen molar-refractivity contribution in [1.82, 2.24) is 5.32 Å². The molecular weight excluding hydrogens is 206 g/mol. The first kappa shape index (κ1) is 13.4. The molecule has 17 heavy (non-hydrogen) atoms. The lowest BCUT2D eigenvalue weighted by Crippen LogP contribution is -2.47. The fourth-order valence-electron chi connectivity index (χ4n) is 3.93. The van der Waals surface area contributed by atoms with Crippen LogP contribution < -0.4 is 5.32 Å². The van der Waals surface area contributed by atoms with E-state index in [-0.39, 0.29) is 0 Å². The van der Waals surface area contributed by atoms with Crippen LogP contribution >= 0.6 is 0 Å². The van der Waals surface area contributed by atoms with Crippen LogP contribution in [-0.4, -0.2) is 12.1 Å². The van der Waals surface area contributed by atoms with Crippen LogP contribution in [-0.2, 0) is 0 Å². The van der Waals surface area contributed by atoms with E-state index in [0.717, 1.165) is 29.8 Å². The van der Waals surface area contributed by atoms with Gasteiger partial charge in [0, 0.05) is 12.1 Å². The van der Waals surface area contributed by atoms with Crippen molar-refractivity contribution in [3.05, 3.63) is 0 Å². The Bertz CT molecular complexity index is 220. The Morgan fingerprint density at radius 3 is 2.29 bits per heavy atom. The van der Waals surface area contributed by atoms with E-state index in [1.807, 2.05) is 0 Å². The van der Waals surface area contributed by atoms with Gasteiger partial charge in [0.1, 0.15) is 0 Å². The predicted octanol–water partition coefficient (Wildman–Crippen LogP) is 4.37. The van der Waals surface area contributed by atoms with E-state index in [2.05, 4.69) is 26.1 Å². The van der Waals surface area contributed by atoms with Gasteiger partial charge in [-0.25, -0.2) is 0 Å². The maximum absolute atomic E-state index is 3.97. The molecule has 1 heteroatoms. The Hall–Kier alpha value is -0.0400. The van der Waals surface area contributed by atoms with Crippen LogP contribution in [0.15, 0.2) is 0 Å². The lowest BCUT2D eigenvalue weighted by molar-refractivity contribution is 0.170. The van der Waals surface area contributed by atoms with Crippen LogP contribution in [0.1, 0.15) is 72.1 Å². The van der Waals surface area contributed by atoms with Crippen molar-refractivity contribution in [3.8, 4) is 0 Å². The van der Waals surface area contributed by atoms with Gasteiger partial charge in [-0.15, -0.1) is 0 Å². The van der Waals surface area contributed by atoms with Crippen LogP contribution in [0, 0.1) is 17.8 Å². The fourth-order valence-corrected chi connectivity index (χ4v) is 3.93. The molecule has 1 N–H and O–H groups in total. The Balaban J connectivity index is 1.82. The molecule has 0 aromatic carbocycles. The van der Waals surface area contributed by atoms with Crippen LogP contribution in [0.2, 0.25) is 0 Å². The van der Waals surface area contributed by atoms with Crippen molar-refractivity contribution in [1.29, 1.82) is 0 Å². The molecule has 0 saturated heterocycles. The summed E-state index contributed by atoms with van der Waals surface area (Å²) < 4.78 is 0. The molecule has 0 amide bonds. The third-order valence-electron chi connectivity index (χ3n) is 5.54. The van der Waals surface area contributed by atoms with Crippen LogP contribution in [0.4, 0.5) is 0 Å². The van der Waals surface area contributed by atoms with Crippen molar-refractivity contribution in [3.63, 3.8) is 0 Å². The summed E-state index contributed by atoms with van der Waals surface area (Å²) in [5.41, 5.74) is 0. The van der Waals surface area contributed by atoms with Gasteiger partial charge in [-0.3, -0.25) is 0 Å². The lowest BCUT2D eigenvalue weighted by Gasteiger charge is -2.39. The molecule has 0 aromatic heterocycles. The molecule has 0 spiro atoms. The third kappa shape index (κ3) is 3.47. The van der Waals surface area contributed by atoms with E-state index >= 15 is 0 Å². The highest BCUT2D eigenvalue weighted by Gasteiger charge is 2.29. The molecule has 0 aromatic rings. The normalized spacial score (nSPS) is 37.9. The monoisotopic (exact) mass is 237 g/mol. The van der Waals surface area contributed by atoms with E-state index in [9.17, 15) is 0 Å². The Kier molecular flexibility index (Phi) is 4.90. The molecule has 4 atom stereocenters. The minimum atomic E-state index is 0.744. The van der Waals surface area contributed by atoms with Crippen LogP contribution in [0.25, 0.3) is 0 Å². The van der Waals surface area contributed by atoms with Crippen molar-refractivity contribution < 1.29 is 0 Å². The van der Waals surface area contributed by atoms with Gasteiger partial charge in [0.05, 0.1) is 0 Å². The molecule has 2 fully saturated rings. The van der Waals surface area contributed by atoms with Gasteiger partial charge in [-0.05, 0) is 43.9 Å². The molecule has 2 aliphatic rings. The van der Waals surface area contributed by atoms with E-state index in [0.29, 0.717) is 0 Å². The first-order valence-corrected chi connectivity index (χ1v) is 7.94. The minimum Gasteiger partial charge on any atom is -0.311 e. The highest BCUT2D eigenvalue weighted by atomic mass is 15.0. The summed E-state index contributed by atoms with van der Waals surface area (Å²) >= 11 is 0. The molecule has 0 radical (unpaired) electrons. The van der Waals surface area contributed by atoms with Gasteiger partial charge in [-0.2, -0.15) is 0 Å². The van der Waals surface area contributed by atoms with Gasteiger partial charge < -0.3 is 5.32 Å². The van der Waals surface area contributed by atoms with E-state index < -0.39 is 0 Å². The molecule has 1 nitrogen and oxygen atoms in total. The molecule has 100 valence electrons. The van der Waals surface area contributed by atoms with E-state index in [4.69, 9.17) is 0 Å². The standard InChI is InChI=1S/C16H31N/c1-12-8-7-11-16(13(12)2)17-14(3)15-9-5-4-6-10-15/h12-17H,4-11H2,1-3H3/t12?,13?,14-,16?/m1/s1. The SMILES string of the molecule is CC1CCCC(N[C@H](C)C2CCCCC2)C1C. The molecule has 2 saturated carbocycles. The average molecular weight is 237 g/mol. The van der Waals surface area contributed by atoms with Crippen LogP contribution in [0.3, 0.4) is 0 Å². The Morgan fingerprint density at radius 2 is 1.59 bits per heavy atom. The summed E-state index contributed by atoms with van der Waals surface area (Å²) in [5.74, 6) is 2.74. The molecule has 0 heterocycles. The largest absolute Gasteiger partial charge is 0.311 e. The zero-order valence-electron chi connectivity index (χ0n) is 12.0. The lowest BCUT2D eigenvalue weighted by atomic mass is 9.77. The van der Waals surface area contributed by atoms with Gasteiger partial charge in [0.2, 0.25) is 0 Å². The molecular formula is C16H31N. The fraction of sp³-hybridized carbons (Fsp3) is 1.00. The molecule has 2 rings (SSSR count). The van der Waals surface area contributed by atoms with Gasteiger partial charge in [0.15, 0.2) is 0 Å². The summed E-state index contributed by atoms with van der Waals surface area (Å²) in [6, 6.07) is 1.53. The van der Waals surface area contributed by atoms with Crippen molar-refractivity contribution in [2.75, 3.05) is 0 Å². The first-order chi connectivity index (χ1) is 8.18. The second kappa shape index (κ2) is 6.22. The average Bonchev–Trinajstić information content (AvgIpc) is 2.36. The second-order valence-electron chi connectivity index (χ2n) is 6.73. The van der Waals surface area contributed by atoms with Crippen molar-refractivity contribution in [2.45, 2.75) is 84.2 Å². The molecule has 3 unspecified atom stereocenters. The molecule has 0 bridgehead atoms. The first-order valence-electron chi connectivity index (χ1n) is 7.94. The molecule has 2 aliphatic carbocycles. The number of hydrogen-bond donors (Lipinski definition) is 1.